The molecular formula is C10H18N2O. The van der Waals surface area contributed by atoms with Crippen molar-refractivity contribution in [3.63, 3.8) is 0 Å². The molecule has 0 aromatic carbocycles. The third-order valence-electron chi connectivity index (χ3n) is 3.58. The minimum absolute atomic E-state index is 0.602. The van der Waals surface area contributed by atoms with Gasteiger partial charge in [-0.1, -0.05) is 12.1 Å². The molecule has 3 unspecified atom stereocenters. The highest BCUT2D eigenvalue weighted by atomic mass is 16.4. The van der Waals surface area contributed by atoms with Gasteiger partial charge in [-0.2, -0.15) is 0 Å². The first kappa shape index (κ1) is 9.00. The van der Waals surface area contributed by atoms with E-state index < -0.39 is 0 Å². The lowest BCUT2D eigenvalue weighted by Crippen LogP contribution is -2.43. The first-order chi connectivity index (χ1) is 6.20. The second-order valence-corrected chi connectivity index (χ2v) is 4.66. The van der Waals surface area contributed by atoms with E-state index in [-0.39, 0.29) is 0 Å². The lowest BCUT2D eigenvalue weighted by molar-refractivity contribution is 0.106. The van der Waals surface area contributed by atoms with Gasteiger partial charge in [-0.3, -0.25) is 0 Å². The van der Waals surface area contributed by atoms with Crippen LogP contribution in [0, 0.1) is 11.8 Å². The summed E-state index contributed by atoms with van der Waals surface area (Å²) < 4.78 is 0. The van der Waals surface area contributed by atoms with Crippen LogP contribution in [0.25, 0.3) is 0 Å². The number of rotatable bonds is 0. The summed E-state index contributed by atoms with van der Waals surface area (Å²) in [5, 5.41) is 12.2. The Hall–Kier alpha value is -0.570. The molecule has 3 heteroatoms. The van der Waals surface area contributed by atoms with Crippen molar-refractivity contribution in [2.75, 3.05) is 13.6 Å². The van der Waals surface area contributed by atoms with Crippen molar-refractivity contribution in [1.82, 2.24) is 4.90 Å². The molecule has 1 aliphatic carbocycles. The van der Waals surface area contributed by atoms with Crippen molar-refractivity contribution in [3.05, 3.63) is 0 Å². The van der Waals surface area contributed by atoms with Crippen molar-refractivity contribution in [2.45, 2.75) is 32.2 Å². The van der Waals surface area contributed by atoms with Crippen LogP contribution in [0.1, 0.15) is 26.2 Å². The highest BCUT2D eigenvalue weighted by Gasteiger charge is 2.36. The molecule has 1 N–H and O–H groups in total. The second kappa shape index (κ2) is 3.29. The van der Waals surface area contributed by atoms with E-state index in [4.69, 9.17) is 5.21 Å². The third-order valence-corrected chi connectivity index (χ3v) is 3.58. The Morgan fingerprint density at radius 1 is 1.46 bits per heavy atom. The van der Waals surface area contributed by atoms with Crippen molar-refractivity contribution < 1.29 is 5.21 Å². The second-order valence-electron chi connectivity index (χ2n) is 4.66. The van der Waals surface area contributed by atoms with Gasteiger partial charge in [0.1, 0.15) is 0 Å². The van der Waals surface area contributed by atoms with E-state index in [0.29, 0.717) is 12.0 Å². The molecule has 2 saturated heterocycles. The average molecular weight is 182 g/mol. The minimum atomic E-state index is 0.602. The van der Waals surface area contributed by atoms with Crippen molar-refractivity contribution >= 4 is 5.71 Å². The molecule has 1 saturated carbocycles. The van der Waals surface area contributed by atoms with E-state index in [9.17, 15) is 0 Å². The van der Waals surface area contributed by atoms with E-state index in [1.807, 2.05) is 0 Å². The maximum Gasteiger partial charge on any atom is 0.0589 e. The molecule has 3 fully saturated rings. The van der Waals surface area contributed by atoms with E-state index in [1.165, 1.54) is 13.0 Å². The van der Waals surface area contributed by atoms with Gasteiger partial charge in [0, 0.05) is 19.0 Å². The van der Waals surface area contributed by atoms with Gasteiger partial charge in [0.15, 0.2) is 0 Å². The van der Waals surface area contributed by atoms with Gasteiger partial charge >= 0.3 is 0 Å². The molecule has 0 aromatic heterocycles. The lowest BCUT2D eigenvalue weighted by atomic mass is 9.86. The van der Waals surface area contributed by atoms with Crippen LogP contribution in [0.4, 0.5) is 0 Å². The predicted molar refractivity (Wildman–Crippen MR) is 52.1 cm³/mol. The first-order valence-electron chi connectivity index (χ1n) is 5.10. The fourth-order valence-electron chi connectivity index (χ4n) is 2.98. The van der Waals surface area contributed by atoms with E-state index in [2.05, 4.69) is 24.0 Å². The van der Waals surface area contributed by atoms with Gasteiger partial charge < -0.3 is 10.1 Å². The number of piperidine rings is 1. The Labute approximate surface area is 79.4 Å². The van der Waals surface area contributed by atoms with Crippen LogP contribution in [-0.2, 0) is 0 Å². The van der Waals surface area contributed by atoms with E-state index in [0.717, 1.165) is 24.5 Å². The summed E-state index contributed by atoms with van der Waals surface area (Å²) >= 11 is 0. The maximum absolute atomic E-state index is 8.82. The molecule has 0 aromatic rings. The van der Waals surface area contributed by atoms with Gasteiger partial charge in [0.05, 0.1) is 5.71 Å². The average Bonchev–Trinajstić information content (AvgIpc) is 2.32. The molecule has 3 rings (SSSR count). The minimum Gasteiger partial charge on any atom is -0.411 e. The molecule has 3 aliphatic rings. The van der Waals surface area contributed by atoms with Gasteiger partial charge in [0.25, 0.3) is 0 Å². The zero-order valence-corrected chi connectivity index (χ0v) is 8.40. The topological polar surface area (TPSA) is 35.8 Å². The van der Waals surface area contributed by atoms with Crippen LogP contribution >= 0.6 is 0 Å². The Bertz CT molecular complexity index is 215. The zero-order valence-electron chi connectivity index (χ0n) is 8.40. The van der Waals surface area contributed by atoms with Crippen LogP contribution in [0.15, 0.2) is 5.16 Å². The van der Waals surface area contributed by atoms with Crippen LogP contribution in [0.3, 0.4) is 0 Å². The first-order valence-corrected chi connectivity index (χ1v) is 5.10. The molecule has 0 amide bonds. The smallest absolute Gasteiger partial charge is 0.0589 e. The summed E-state index contributed by atoms with van der Waals surface area (Å²) in [6.07, 6.45) is 3.26. The summed E-state index contributed by atoms with van der Waals surface area (Å²) in [7, 11) is 2.19. The van der Waals surface area contributed by atoms with Crippen LogP contribution in [0.2, 0.25) is 0 Å². The number of hydrogen-bond acceptors (Lipinski definition) is 3. The lowest BCUT2D eigenvalue weighted by Gasteiger charge is -2.38. The summed E-state index contributed by atoms with van der Waals surface area (Å²) in [6, 6.07) is 0.602. The summed E-state index contributed by atoms with van der Waals surface area (Å²) in [4.78, 5) is 2.43. The van der Waals surface area contributed by atoms with Crippen molar-refractivity contribution in [2.24, 2.45) is 17.0 Å². The van der Waals surface area contributed by atoms with Gasteiger partial charge in [-0.25, -0.2) is 0 Å². The Morgan fingerprint density at radius 3 is 2.85 bits per heavy atom. The molecule has 2 bridgehead atoms. The molecular weight excluding hydrogens is 164 g/mol. The van der Waals surface area contributed by atoms with Gasteiger partial charge in [-0.15, -0.1) is 0 Å². The molecule has 3 nitrogen and oxygen atoms in total. The summed E-state index contributed by atoms with van der Waals surface area (Å²) in [6.45, 7) is 3.49. The Morgan fingerprint density at radius 2 is 2.23 bits per heavy atom. The van der Waals surface area contributed by atoms with Crippen molar-refractivity contribution in [3.8, 4) is 0 Å². The number of nitrogens with zero attached hydrogens (tertiary/aromatic N) is 2. The molecule has 2 heterocycles. The molecule has 2 aliphatic heterocycles. The monoisotopic (exact) mass is 182 g/mol. The number of oxime groups is 1. The highest BCUT2D eigenvalue weighted by molar-refractivity contribution is 5.85. The van der Waals surface area contributed by atoms with Gasteiger partial charge in [0.2, 0.25) is 0 Å². The molecule has 0 radical (unpaired) electrons. The fraction of sp³-hybridized carbons (Fsp3) is 0.900. The Kier molecular flexibility index (Phi) is 2.28. The standard InChI is InChI=1S/C10H18N2O/c1-7-3-8-4-9(11-13)5-10(7)12(2)6-8/h7-8,10,13H,3-6H2,1-2H3/b11-9-. The normalized spacial score (nSPS) is 43.8. The predicted octanol–water partition coefficient (Wildman–Crippen LogP) is 1.57. The van der Waals surface area contributed by atoms with Gasteiger partial charge in [-0.05, 0) is 31.7 Å². The van der Waals surface area contributed by atoms with E-state index >= 15 is 0 Å². The molecule has 13 heavy (non-hydrogen) atoms. The number of hydrogen-bond donors (Lipinski definition) is 1. The molecule has 3 atom stereocenters. The Balaban J connectivity index is 2.21. The molecule has 74 valence electrons. The highest BCUT2D eigenvalue weighted by Crippen LogP contribution is 2.34. The van der Waals surface area contributed by atoms with E-state index in [1.54, 1.807) is 0 Å². The summed E-state index contributed by atoms with van der Waals surface area (Å²) in [5.41, 5.74) is 1.00. The molecule has 0 spiro atoms. The van der Waals surface area contributed by atoms with Crippen LogP contribution < -0.4 is 0 Å². The SMILES string of the molecule is CC1CC2C/C(=N/O)CC1N(C)C2. The quantitative estimate of drug-likeness (QED) is 0.456. The van der Waals surface area contributed by atoms with Crippen LogP contribution in [-0.4, -0.2) is 35.5 Å². The summed E-state index contributed by atoms with van der Waals surface area (Å²) in [5.74, 6) is 1.47. The third kappa shape index (κ3) is 1.57. The van der Waals surface area contributed by atoms with Crippen molar-refractivity contribution in [1.29, 1.82) is 0 Å². The fourth-order valence-corrected chi connectivity index (χ4v) is 2.98. The largest absolute Gasteiger partial charge is 0.411 e. The van der Waals surface area contributed by atoms with Crippen LogP contribution in [0.5, 0.6) is 0 Å². The number of fused-ring (bicyclic) bond motifs is 4. The zero-order chi connectivity index (χ0) is 9.42. The maximum atomic E-state index is 8.82.